The number of nitrogens with one attached hydrogen (secondary N) is 1. The standard InChI is InChI=1S/C18H23NO2S/c1-13(17-10-14-4-2-3-5-16(14)21-17)19-15-6-8-20-18(11-15)7-9-22-12-18/h2-5,10,13,15,19H,6-9,11-12H2,1H3/t13-,15+,18-/m0/s1. The van der Waals surface area contributed by atoms with E-state index in [1.54, 1.807) is 0 Å². The zero-order valence-electron chi connectivity index (χ0n) is 13.0. The van der Waals surface area contributed by atoms with Crippen molar-refractivity contribution in [3.05, 3.63) is 36.1 Å². The highest BCUT2D eigenvalue weighted by molar-refractivity contribution is 7.99. The van der Waals surface area contributed by atoms with E-state index in [1.165, 1.54) is 17.6 Å². The SMILES string of the molecule is C[C@H](N[C@@H]1CCO[C@@]2(CCSC2)C1)c1cc2ccccc2o1. The molecule has 1 aromatic carbocycles. The van der Waals surface area contributed by atoms with Crippen LogP contribution in [0.5, 0.6) is 0 Å². The van der Waals surface area contributed by atoms with Gasteiger partial charge in [0.15, 0.2) is 0 Å². The molecular weight excluding hydrogens is 294 g/mol. The highest BCUT2D eigenvalue weighted by Gasteiger charge is 2.40. The molecule has 3 atom stereocenters. The number of thioether (sulfide) groups is 1. The number of para-hydroxylation sites is 1. The third-order valence-corrected chi connectivity index (χ3v) is 6.14. The van der Waals surface area contributed by atoms with Crippen LogP contribution in [-0.4, -0.2) is 29.8 Å². The number of ether oxygens (including phenoxy) is 1. The lowest BCUT2D eigenvalue weighted by Crippen LogP contribution is -2.47. The lowest BCUT2D eigenvalue weighted by Gasteiger charge is -2.39. The Morgan fingerprint density at radius 2 is 2.27 bits per heavy atom. The fourth-order valence-corrected chi connectivity index (χ4v) is 5.06. The highest BCUT2D eigenvalue weighted by atomic mass is 32.2. The van der Waals surface area contributed by atoms with E-state index in [9.17, 15) is 0 Å². The maximum absolute atomic E-state index is 6.11. The first-order valence-electron chi connectivity index (χ1n) is 8.20. The molecular formula is C18H23NO2S. The van der Waals surface area contributed by atoms with Crippen LogP contribution in [0.3, 0.4) is 0 Å². The van der Waals surface area contributed by atoms with Gasteiger partial charge in [0, 0.05) is 23.8 Å². The molecule has 0 aliphatic carbocycles. The molecule has 2 aromatic rings. The highest BCUT2D eigenvalue weighted by Crippen LogP contribution is 2.38. The maximum Gasteiger partial charge on any atom is 0.134 e. The van der Waals surface area contributed by atoms with Crippen molar-refractivity contribution in [2.24, 2.45) is 0 Å². The second-order valence-electron chi connectivity index (χ2n) is 6.60. The third kappa shape index (κ3) is 2.80. The lowest BCUT2D eigenvalue weighted by atomic mass is 9.89. The summed E-state index contributed by atoms with van der Waals surface area (Å²) in [5.41, 5.74) is 1.11. The van der Waals surface area contributed by atoms with Gasteiger partial charge < -0.3 is 14.5 Å². The molecule has 0 amide bonds. The van der Waals surface area contributed by atoms with Crippen LogP contribution in [0.4, 0.5) is 0 Å². The van der Waals surface area contributed by atoms with Gasteiger partial charge in [0.25, 0.3) is 0 Å². The number of benzene rings is 1. The Bertz CT molecular complexity index is 614. The van der Waals surface area contributed by atoms with Crippen molar-refractivity contribution in [2.75, 3.05) is 18.1 Å². The van der Waals surface area contributed by atoms with Crippen molar-refractivity contribution in [2.45, 2.75) is 43.9 Å². The van der Waals surface area contributed by atoms with E-state index < -0.39 is 0 Å². The molecule has 4 rings (SSSR count). The van der Waals surface area contributed by atoms with Crippen LogP contribution in [0, 0.1) is 0 Å². The summed E-state index contributed by atoms with van der Waals surface area (Å²) in [6.45, 7) is 3.08. The van der Waals surface area contributed by atoms with Crippen LogP contribution in [0.1, 0.15) is 38.0 Å². The molecule has 0 radical (unpaired) electrons. The zero-order valence-corrected chi connectivity index (χ0v) is 13.8. The van der Waals surface area contributed by atoms with Crippen LogP contribution in [0.25, 0.3) is 11.0 Å². The van der Waals surface area contributed by atoms with E-state index in [4.69, 9.17) is 9.15 Å². The van der Waals surface area contributed by atoms with Crippen molar-refractivity contribution in [1.82, 2.24) is 5.32 Å². The lowest BCUT2D eigenvalue weighted by molar-refractivity contribution is -0.0714. The number of fused-ring (bicyclic) bond motifs is 1. The topological polar surface area (TPSA) is 34.4 Å². The fourth-order valence-electron chi connectivity index (χ4n) is 3.68. The van der Waals surface area contributed by atoms with E-state index in [1.807, 2.05) is 23.9 Å². The molecule has 22 heavy (non-hydrogen) atoms. The normalized spacial score (nSPS) is 30.1. The van der Waals surface area contributed by atoms with Gasteiger partial charge in [0.1, 0.15) is 11.3 Å². The minimum atomic E-state index is 0.133. The quantitative estimate of drug-likeness (QED) is 0.922. The molecule has 4 heteroatoms. The monoisotopic (exact) mass is 317 g/mol. The Kier molecular flexibility index (Phi) is 3.93. The van der Waals surface area contributed by atoms with Crippen molar-refractivity contribution < 1.29 is 9.15 Å². The van der Waals surface area contributed by atoms with Crippen molar-refractivity contribution in [3.8, 4) is 0 Å². The summed E-state index contributed by atoms with van der Waals surface area (Å²) >= 11 is 2.03. The van der Waals surface area contributed by atoms with E-state index in [2.05, 4.69) is 30.4 Å². The van der Waals surface area contributed by atoms with Crippen LogP contribution in [0.2, 0.25) is 0 Å². The Morgan fingerprint density at radius 1 is 1.36 bits per heavy atom. The Morgan fingerprint density at radius 3 is 3.09 bits per heavy atom. The number of furan rings is 1. The smallest absolute Gasteiger partial charge is 0.134 e. The second kappa shape index (κ2) is 5.91. The van der Waals surface area contributed by atoms with Crippen LogP contribution >= 0.6 is 11.8 Å². The molecule has 2 aliphatic heterocycles. The van der Waals surface area contributed by atoms with Crippen molar-refractivity contribution in [3.63, 3.8) is 0 Å². The number of hydrogen-bond acceptors (Lipinski definition) is 4. The van der Waals surface area contributed by atoms with Crippen LogP contribution in [0.15, 0.2) is 34.7 Å². The van der Waals surface area contributed by atoms with Crippen molar-refractivity contribution >= 4 is 22.7 Å². The molecule has 1 N–H and O–H groups in total. The molecule has 2 aliphatic rings. The van der Waals surface area contributed by atoms with E-state index in [0.29, 0.717) is 6.04 Å². The van der Waals surface area contributed by atoms with Gasteiger partial charge in [-0.3, -0.25) is 0 Å². The van der Waals surface area contributed by atoms with E-state index in [-0.39, 0.29) is 11.6 Å². The summed E-state index contributed by atoms with van der Waals surface area (Å²) in [6.07, 6.45) is 3.43. The average molecular weight is 317 g/mol. The maximum atomic E-state index is 6.11. The summed E-state index contributed by atoms with van der Waals surface area (Å²) in [5, 5.41) is 4.95. The molecule has 3 heterocycles. The molecule has 1 spiro atoms. The predicted octanol–water partition coefficient (Wildman–Crippen LogP) is 4.14. The molecule has 0 saturated carbocycles. The first kappa shape index (κ1) is 14.6. The molecule has 2 saturated heterocycles. The first-order chi connectivity index (χ1) is 10.7. The van der Waals surface area contributed by atoms with Gasteiger partial charge in [0.05, 0.1) is 11.6 Å². The van der Waals surface area contributed by atoms with Gasteiger partial charge in [-0.05, 0) is 44.1 Å². The third-order valence-electron chi connectivity index (χ3n) is 4.92. The molecule has 2 fully saturated rings. The Balaban J connectivity index is 1.45. The van der Waals surface area contributed by atoms with Gasteiger partial charge in [-0.2, -0.15) is 11.8 Å². The summed E-state index contributed by atoms with van der Waals surface area (Å²) in [4.78, 5) is 0. The first-order valence-corrected chi connectivity index (χ1v) is 9.36. The second-order valence-corrected chi connectivity index (χ2v) is 7.70. The van der Waals surface area contributed by atoms with Gasteiger partial charge in [0.2, 0.25) is 0 Å². The summed E-state index contributed by atoms with van der Waals surface area (Å²) in [7, 11) is 0. The van der Waals surface area contributed by atoms with Crippen LogP contribution in [-0.2, 0) is 4.74 Å². The summed E-state index contributed by atoms with van der Waals surface area (Å²) < 4.78 is 12.1. The predicted molar refractivity (Wildman–Crippen MR) is 91.4 cm³/mol. The molecule has 118 valence electrons. The van der Waals surface area contributed by atoms with Crippen LogP contribution < -0.4 is 5.32 Å². The largest absolute Gasteiger partial charge is 0.459 e. The minimum Gasteiger partial charge on any atom is -0.459 e. The summed E-state index contributed by atoms with van der Waals surface area (Å²) in [5.74, 6) is 3.43. The van der Waals surface area contributed by atoms with E-state index >= 15 is 0 Å². The van der Waals surface area contributed by atoms with Gasteiger partial charge in [-0.25, -0.2) is 0 Å². The number of hydrogen-bond donors (Lipinski definition) is 1. The summed E-state index contributed by atoms with van der Waals surface area (Å²) in [6, 6.07) is 11.1. The minimum absolute atomic E-state index is 0.133. The number of rotatable bonds is 3. The van der Waals surface area contributed by atoms with Gasteiger partial charge >= 0.3 is 0 Å². The Labute approximate surface area is 135 Å². The molecule has 1 aromatic heterocycles. The molecule has 0 bridgehead atoms. The molecule has 3 nitrogen and oxygen atoms in total. The van der Waals surface area contributed by atoms with Crippen molar-refractivity contribution in [1.29, 1.82) is 0 Å². The average Bonchev–Trinajstić information content (AvgIpc) is 3.14. The zero-order chi connectivity index (χ0) is 15.0. The van der Waals surface area contributed by atoms with E-state index in [0.717, 1.165) is 36.5 Å². The Hall–Kier alpha value is -0.970. The molecule has 0 unspecified atom stereocenters. The fraction of sp³-hybridized carbons (Fsp3) is 0.556. The van der Waals surface area contributed by atoms with Gasteiger partial charge in [-0.1, -0.05) is 18.2 Å². The van der Waals surface area contributed by atoms with Gasteiger partial charge in [-0.15, -0.1) is 0 Å².